The molecule has 5 nitrogen and oxygen atoms in total. The fraction of sp³-hybridized carbons (Fsp3) is 0.688. The molecule has 1 aromatic rings. The summed E-state index contributed by atoms with van der Waals surface area (Å²) in [6, 6.07) is 1.77. The SMILES string of the molecule is COC(=O)c1cc(CNCC2(N(C)C)CCCC2)oc1C. The van der Waals surface area contributed by atoms with Crippen LogP contribution in [0.4, 0.5) is 0 Å². The van der Waals surface area contributed by atoms with E-state index >= 15 is 0 Å². The van der Waals surface area contributed by atoms with Crippen LogP contribution in [0.2, 0.25) is 0 Å². The summed E-state index contributed by atoms with van der Waals surface area (Å²) < 4.78 is 10.4. The molecule has 0 saturated heterocycles. The van der Waals surface area contributed by atoms with Crippen LogP contribution < -0.4 is 5.32 Å². The first-order chi connectivity index (χ1) is 9.98. The van der Waals surface area contributed by atoms with Crippen LogP contribution >= 0.6 is 0 Å². The minimum absolute atomic E-state index is 0.257. The number of nitrogens with zero attached hydrogens (tertiary/aromatic N) is 1. The van der Waals surface area contributed by atoms with E-state index < -0.39 is 0 Å². The summed E-state index contributed by atoms with van der Waals surface area (Å²) in [7, 11) is 5.69. The summed E-state index contributed by atoms with van der Waals surface area (Å²) in [5.41, 5.74) is 0.768. The van der Waals surface area contributed by atoms with E-state index in [4.69, 9.17) is 9.15 Å². The molecule has 0 radical (unpaired) electrons. The van der Waals surface area contributed by atoms with Gasteiger partial charge in [-0.15, -0.1) is 0 Å². The van der Waals surface area contributed by atoms with Crippen molar-refractivity contribution in [1.29, 1.82) is 0 Å². The highest BCUT2D eigenvalue weighted by molar-refractivity contribution is 5.90. The van der Waals surface area contributed by atoms with Crippen molar-refractivity contribution in [3.63, 3.8) is 0 Å². The first kappa shape index (κ1) is 16.0. The fourth-order valence-electron chi connectivity index (χ4n) is 3.18. The normalized spacial score (nSPS) is 17.4. The molecule has 1 saturated carbocycles. The summed E-state index contributed by atoms with van der Waals surface area (Å²) in [5.74, 6) is 1.05. The van der Waals surface area contributed by atoms with Crippen molar-refractivity contribution < 1.29 is 13.9 Å². The predicted molar refractivity (Wildman–Crippen MR) is 81.4 cm³/mol. The van der Waals surface area contributed by atoms with Crippen LogP contribution in [0.15, 0.2) is 10.5 Å². The molecular formula is C16H26N2O3. The van der Waals surface area contributed by atoms with E-state index in [-0.39, 0.29) is 11.5 Å². The van der Waals surface area contributed by atoms with E-state index in [0.717, 1.165) is 12.3 Å². The van der Waals surface area contributed by atoms with Gasteiger partial charge in [0.15, 0.2) is 0 Å². The number of esters is 1. The Balaban J connectivity index is 1.93. The van der Waals surface area contributed by atoms with Gasteiger partial charge >= 0.3 is 5.97 Å². The first-order valence-electron chi connectivity index (χ1n) is 7.54. The van der Waals surface area contributed by atoms with Crippen molar-refractivity contribution in [3.05, 3.63) is 23.2 Å². The summed E-state index contributed by atoms with van der Waals surface area (Å²) in [5, 5.41) is 3.48. The minimum Gasteiger partial charge on any atom is -0.465 e. The molecule has 0 aromatic carbocycles. The van der Waals surface area contributed by atoms with Crippen molar-refractivity contribution in [2.24, 2.45) is 0 Å². The number of aryl methyl sites for hydroxylation is 1. The number of furan rings is 1. The van der Waals surface area contributed by atoms with Crippen molar-refractivity contribution in [2.75, 3.05) is 27.7 Å². The summed E-state index contributed by atoms with van der Waals surface area (Å²) in [4.78, 5) is 13.9. The van der Waals surface area contributed by atoms with Crippen molar-refractivity contribution in [3.8, 4) is 0 Å². The molecule has 21 heavy (non-hydrogen) atoms. The molecule has 1 aromatic heterocycles. The van der Waals surface area contributed by atoms with Crippen LogP contribution in [0, 0.1) is 6.92 Å². The third-order valence-electron chi connectivity index (χ3n) is 4.61. The van der Waals surface area contributed by atoms with E-state index in [2.05, 4.69) is 24.3 Å². The van der Waals surface area contributed by atoms with Gasteiger partial charge in [-0.3, -0.25) is 0 Å². The number of nitrogens with one attached hydrogen (secondary N) is 1. The molecule has 1 aliphatic rings. The predicted octanol–water partition coefficient (Wildman–Crippen LogP) is 2.34. The molecule has 118 valence electrons. The smallest absolute Gasteiger partial charge is 0.341 e. The number of likely N-dealkylation sites (N-methyl/N-ethyl adjacent to an activating group) is 1. The molecule has 0 amide bonds. The third kappa shape index (κ3) is 3.47. The molecule has 1 aliphatic carbocycles. The largest absolute Gasteiger partial charge is 0.465 e. The van der Waals surface area contributed by atoms with E-state index in [0.29, 0.717) is 17.9 Å². The van der Waals surface area contributed by atoms with Crippen LogP contribution in [0.5, 0.6) is 0 Å². The Morgan fingerprint density at radius 2 is 2.10 bits per heavy atom. The van der Waals surface area contributed by atoms with Gasteiger partial charge in [0.1, 0.15) is 17.1 Å². The topological polar surface area (TPSA) is 54.7 Å². The van der Waals surface area contributed by atoms with E-state index in [9.17, 15) is 4.79 Å². The average Bonchev–Trinajstić information content (AvgIpc) is 3.06. The Bertz CT molecular complexity index is 488. The van der Waals surface area contributed by atoms with Crippen molar-refractivity contribution in [2.45, 2.75) is 44.7 Å². The molecule has 0 spiro atoms. The number of rotatable bonds is 6. The Morgan fingerprint density at radius 1 is 1.43 bits per heavy atom. The number of methoxy groups -OCH3 is 1. The average molecular weight is 294 g/mol. The highest BCUT2D eigenvalue weighted by Crippen LogP contribution is 2.33. The standard InChI is InChI=1S/C16H26N2O3/c1-12-14(15(19)20-4)9-13(21-12)10-17-11-16(18(2)3)7-5-6-8-16/h9,17H,5-8,10-11H2,1-4H3. The van der Waals surface area contributed by atoms with Gasteiger partial charge in [-0.25, -0.2) is 4.79 Å². The maximum absolute atomic E-state index is 11.6. The Labute approximate surface area is 126 Å². The number of hydrogen-bond acceptors (Lipinski definition) is 5. The zero-order valence-corrected chi connectivity index (χ0v) is 13.5. The number of carbonyl (C=O) groups is 1. The zero-order valence-electron chi connectivity index (χ0n) is 13.5. The molecule has 0 aliphatic heterocycles. The van der Waals surface area contributed by atoms with Crippen molar-refractivity contribution >= 4 is 5.97 Å². The molecule has 0 bridgehead atoms. The maximum atomic E-state index is 11.6. The molecule has 0 atom stereocenters. The third-order valence-corrected chi connectivity index (χ3v) is 4.61. The lowest BCUT2D eigenvalue weighted by Crippen LogP contribution is -2.49. The zero-order chi connectivity index (χ0) is 15.5. The monoisotopic (exact) mass is 294 g/mol. The first-order valence-corrected chi connectivity index (χ1v) is 7.54. The van der Waals surface area contributed by atoms with Gasteiger partial charge in [-0.05, 0) is 39.9 Å². The Hall–Kier alpha value is -1.33. The lowest BCUT2D eigenvalue weighted by molar-refractivity contribution is 0.0599. The number of hydrogen-bond donors (Lipinski definition) is 1. The van der Waals surface area contributed by atoms with Crippen LogP contribution in [0.3, 0.4) is 0 Å². The van der Waals surface area contributed by atoms with Gasteiger partial charge in [-0.2, -0.15) is 0 Å². The van der Waals surface area contributed by atoms with Gasteiger partial charge in [0.2, 0.25) is 0 Å². The van der Waals surface area contributed by atoms with Crippen LogP contribution in [-0.2, 0) is 11.3 Å². The number of ether oxygens (including phenoxy) is 1. The second kappa shape index (κ2) is 6.62. The molecule has 1 fully saturated rings. The van der Waals surface area contributed by atoms with Gasteiger partial charge in [0.05, 0.1) is 13.7 Å². The van der Waals surface area contributed by atoms with Crippen LogP contribution in [-0.4, -0.2) is 44.2 Å². The summed E-state index contributed by atoms with van der Waals surface area (Å²) in [6.45, 7) is 3.36. The lowest BCUT2D eigenvalue weighted by Gasteiger charge is -2.36. The molecule has 1 N–H and O–H groups in total. The van der Waals surface area contributed by atoms with Gasteiger partial charge < -0.3 is 19.4 Å². The van der Waals surface area contributed by atoms with Crippen LogP contribution in [0.1, 0.15) is 47.6 Å². The van der Waals surface area contributed by atoms with E-state index in [1.54, 1.807) is 13.0 Å². The Kier molecular flexibility index (Phi) is 5.06. The van der Waals surface area contributed by atoms with E-state index in [1.165, 1.54) is 32.8 Å². The highest BCUT2D eigenvalue weighted by atomic mass is 16.5. The molecule has 1 heterocycles. The molecule has 5 heteroatoms. The Morgan fingerprint density at radius 3 is 2.67 bits per heavy atom. The molecular weight excluding hydrogens is 268 g/mol. The number of carbonyl (C=O) groups excluding carboxylic acids is 1. The molecule has 0 unspecified atom stereocenters. The maximum Gasteiger partial charge on any atom is 0.341 e. The summed E-state index contributed by atoms with van der Waals surface area (Å²) in [6.07, 6.45) is 5.06. The quantitative estimate of drug-likeness (QED) is 0.816. The second-order valence-corrected chi connectivity index (χ2v) is 6.10. The minimum atomic E-state index is -0.344. The lowest BCUT2D eigenvalue weighted by atomic mass is 9.96. The van der Waals surface area contributed by atoms with Crippen molar-refractivity contribution in [1.82, 2.24) is 10.2 Å². The second-order valence-electron chi connectivity index (χ2n) is 6.10. The van der Waals surface area contributed by atoms with Gasteiger partial charge in [-0.1, -0.05) is 12.8 Å². The van der Waals surface area contributed by atoms with Gasteiger partial charge in [0, 0.05) is 12.1 Å². The fourth-order valence-corrected chi connectivity index (χ4v) is 3.18. The molecule has 2 rings (SSSR count). The van der Waals surface area contributed by atoms with Gasteiger partial charge in [0.25, 0.3) is 0 Å². The van der Waals surface area contributed by atoms with Crippen LogP contribution in [0.25, 0.3) is 0 Å². The summed E-state index contributed by atoms with van der Waals surface area (Å²) >= 11 is 0. The highest BCUT2D eigenvalue weighted by Gasteiger charge is 2.35. The van der Waals surface area contributed by atoms with E-state index in [1.807, 2.05) is 0 Å².